The van der Waals surface area contributed by atoms with E-state index in [2.05, 4.69) is 20.8 Å². The average Bonchev–Trinajstić information content (AvgIpc) is 2.96. The van der Waals surface area contributed by atoms with Gasteiger partial charge in [0.15, 0.2) is 5.69 Å². The number of pyridine rings is 1. The lowest BCUT2D eigenvalue weighted by Crippen LogP contribution is -2.36. The molecule has 0 spiro atoms. The number of amides is 1. The summed E-state index contributed by atoms with van der Waals surface area (Å²) in [5.74, 6) is 0.685. The van der Waals surface area contributed by atoms with Crippen molar-refractivity contribution in [3.05, 3.63) is 47.1 Å². The van der Waals surface area contributed by atoms with Crippen molar-refractivity contribution >= 4 is 5.91 Å². The average molecular weight is 314 g/mol. The molecule has 0 aliphatic heterocycles. The summed E-state index contributed by atoms with van der Waals surface area (Å²) in [6.07, 6.45) is 4.33. The van der Waals surface area contributed by atoms with Crippen molar-refractivity contribution in [2.45, 2.75) is 51.7 Å². The standard InChI is InChI=1S/C17H22N4O2/c1-11(2)20-17(22)16-14-9-12(6-7-15(14)23-21-16)19-10-13-5-3-4-8-18-13/h3-5,8,11-12,19H,6-7,9-10H2,1-2H3,(H,20,22). The Hall–Kier alpha value is -2.21. The summed E-state index contributed by atoms with van der Waals surface area (Å²) in [6.45, 7) is 4.59. The maximum absolute atomic E-state index is 12.2. The van der Waals surface area contributed by atoms with Crippen LogP contribution in [0.1, 0.15) is 47.8 Å². The number of rotatable bonds is 5. The van der Waals surface area contributed by atoms with Gasteiger partial charge < -0.3 is 15.2 Å². The molecule has 2 aromatic heterocycles. The fraction of sp³-hybridized carbons (Fsp3) is 0.471. The van der Waals surface area contributed by atoms with E-state index in [0.29, 0.717) is 11.7 Å². The summed E-state index contributed by atoms with van der Waals surface area (Å²) >= 11 is 0. The summed E-state index contributed by atoms with van der Waals surface area (Å²) in [5.41, 5.74) is 2.38. The van der Waals surface area contributed by atoms with Crippen LogP contribution in [0.15, 0.2) is 28.9 Å². The Labute approximate surface area is 135 Å². The van der Waals surface area contributed by atoms with Crippen LogP contribution in [-0.2, 0) is 19.4 Å². The van der Waals surface area contributed by atoms with Crippen LogP contribution >= 0.6 is 0 Å². The molecule has 1 aliphatic carbocycles. The van der Waals surface area contributed by atoms with Crippen LogP contribution in [0.5, 0.6) is 0 Å². The van der Waals surface area contributed by atoms with Gasteiger partial charge in [0.2, 0.25) is 0 Å². The summed E-state index contributed by atoms with van der Waals surface area (Å²) in [7, 11) is 0. The van der Waals surface area contributed by atoms with Gasteiger partial charge >= 0.3 is 0 Å². The van der Waals surface area contributed by atoms with E-state index in [1.807, 2.05) is 32.0 Å². The minimum Gasteiger partial charge on any atom is -0.360 e. The number of aromatic nitrogens is 2. The summed E-state index contributed by atoms with van der Waals surface area (Å²) in [4.78, 5) is 16.5. The molecular weight excluding hydrogens is 292 g/mol. The number of aryl methyl sites for hydroxylation is 1. The van der Waals surface area contributed by atoms with Gasteiger partial charge in [0.05, 0.1) is 5.69 Å². The van der Waals surface area contributed by atoms with Crippen LogP contribution < -0.4 is 10.6 Å². The Balaban J connectivity index is 1.65. The molecule has 1 amide bonds. The third-order valence-electron chi connectivity index (χ3n) is 3.97. The first-order valence-corrected chi connectivity index (χ1v) is 8.05. The quantitative estimate of drug-likeness (QED) is 0.880. The number of fused-ring (bicyclic) bond motifs is 1. The molecule has 1 unspecified atom stereocenters. The second-order valence-electron chi connectivity index (χ2n) is 6.20. The molecule has 0 radical (unpaired) electrons. The Morgan fingerprint density at radius 3 is 3.04 bits per heavy atom. The number of carbonyl (C=O) groups is 1. The van der Waals surface area contributed by atoms with E-state index in [4.69, 9.17) is 4.52 Å². The van der Waals surface area contributed by atoms with Gasteiger partial charge in [0.25, 0.3) is 5.91 Å². The molecule has 1 atom stereocenters. The molecule has 0 bridgehead atoms. The lowest BCUT2D eigenvalue weighted by molar-refractivity contribution is 0.0933. The molecule has 0 aromatic carbocycles. The van der Waals surface area contributed by atoms with E-state index in [0.717, 1.165) is 42.8 Å². The molecule has 122 valence electrons. The fourth-order valence-electron chi connectivity index (χ4n) is 2.84. The van der Waals surface area contributed by atoms with E-state index < -0.39 is 0 Å². The van der Waals surface area contributed by atoms with E-state index in [9.17, 15) is 4.79 Å². The Bertz CT molecular complexity index is 666. The third kappa shape index (κ3) is 3.76. The Morgan fingerprint density at radius 2 is 2.30 bits per heavy atom. The molecule has 2 aromatic rings. The smallest absolute Gasteiger partial charge is 0.273 e. The molecule has 3 rings (SSSR count). The number of hydrogen-bond donors (Lipinski definition) is 2. The van der Waals surface area contributed by atoms with Crippen LogP contribution in [0.2, 0.25) is 0 Å². The molecule has 0 fully saturated rings. The maximum Gasteiger partial charge on any atom is 0.273 e. The van der Waals surface area contributed by atoms with Crippen molar-refractivity contribution in [3.8, 4) is 0 Å². The predicted molar refractivity (Wildman–Crippen MR) is 86.0 cm³/mol. The predicted octanol–water partition coefficient (Wildman–Crippen LogP) is 1.85. The van der Waals surface area contributed by atoms with Gasteiger partial charge in [-0.3, -0.25) is 9.78 Å². The van der Waals surface area contributed by atoms with Gasteiger partial charge in [-0.25, -0.2) is 0 Å². The van der Waals surface area contributed by atoms with Crippen LogP contribution in [0, 0.1) is 0 Å². The normalized spacial score (nSPS) is 17.1. The van der Waals surface area contributed by atoms with Gasteiger partial charge in [-0.05, 0) is 38.8 Å². The van der Waals surface area contributed by atoms with E-state index >= 15 is 0 Å². The number of hydrogen-bond acceptors (Lipinski definition) is 5. The second kappa shape index (κ2) is 6.91. The first kappa shape index (κ1) is 15.7. The zero-order valence-corrected chi connectivity index (χ0v) is 13.5. The molecule has 2 heterocycles. The minimum atomic E-state index is -0.157. The molecule has 0 saturated heterocycles. The van der Waals surface area contributed by atoms with E-state index in [1.165, 1.54) is 0 Å². The zero-order valence-electron chi connectivity index (χ0n) is 13.5. The van der Waals surface area contributed by atoms with E-state index in [1.54, 1.807) is 6.20 Å². The SMILES string of the molecule is CC(C)NC(=O)c1noc2c1CC(NCc1ccccn1)CC2. The first-order chi connectivity index (χ1) is 11.1. The maximum atomic E-state index is 12.2. The van der Waals surface area contributed by atoms with Gasteiger partial charge in [-0.2, -0.15) is 0 Å². The fourth-order valence-corrected chi connectivity index (χ4v) is 2.84. The molecule has 0 saturated carbocycles. The zero-order chi connectivity index (χ0) is 16.2. The van der Waals surface area contributed by atoms with Crippen molar-refractivity contribution in [2.75, 3.05) is 0 Å². The summed E-state index contributed by atoms with van der Waals surface area (Å²) in [5, 5.41) is 10.4. The highest BCUT2D eigenvalue weighted by molar-refractivity contribution is 5.94. The molecule has 6 nitrogen and oxygen atoms in total. The Kier molecular flexibility index (Phi) is 4.71. The minimum absolute atomic E-state index is 0.0801. The van der Waals surface area contributed by atoms with Crippen LogP contribution in [0.4, 0.5) is 0 Å². The molecule has 6 heteroatoms. The lowest BCUT2D eigenvalue weighted by atomic mass is 9.91. The van der Waals surface area contributed by atoms with Crippen molar-refractivity contribution in [1.29, 1.82) is 0 Å². The summed E-state index contributed by atoms with van der Waals surface area (Å²) < 4.78 is 5.35. The lowest BCUT2D eigenvalue weighted by Gasteiger charge is -2.22. The first-order valence-electron chi connectivity index (χ1n) is 8.05. The van der Waals surface area contributed by atoms with E-state index in [-0.39, 0.29) is 11.9 Å². The highest BCUT2D eigenvalue weighted by Crippen LogP contribution is 2.25. The van der Waals surface area contributed by atoms with Crippen LogP contribution in [0.25, 0.3) is 0 Å². The monoisotopic (exact) mass is 314 g/mol. The highest BCUT2D eigenvalue weighted by atomic mass is 16.5. The van der Waals surface area contributed by atoms with Crippen molar-refractivity contribution in [2.24, 2.45) is 0 Å². The topological polar surface area (TPSA) is 80.0 Å². The van der Waals surface area contributed by atoms with Crippen molar-refractivity contribution in [3.63, 3.8) is 0 Å². The Morgan fingerprint density at radius 1 is 1.43 bits per heavy atom. The molecular formula is C17H22N4O2. The van der Waals surface area contributed by atoms with Gasteiger partial charge in [0, 0.05) is 36.8 Å². The summed E-state index contributed by atoms with van der Waals surface area (Å²) in [6, 6.07) is 6.28. The van der Waals surface area contributed by atoms with Crippen molar-refractivity contribution in [1.82, 2.24) is 20.8 Å². The largest absolute Gasteiger partial charge is 0.360 e. The van der Waals surface area contributed by atoms with Gasteiger partial charge in [-0.15, -0.1) is 0 Å². The molecule has 2 N–H and O–H groups in total. The third-order valence-corrected chi connectivity index (χ3v) is 3.97. The molecule has 1 aliphatic rings. The van der Waals surface area contributed by atoms with Crippen molar-refractivity contribution < 1.29 is 9.32 Å². The van der Waals surface area contributed by atoms with Gasteiger partial charge in [-0.1, -0.05) is 11.2 Å². The van der Waals surface area contributed by atoms with Gasteiger partial charge in [0.1, 0.15) is 5.76 Å². The molecule has 23 heavy (non-hydrogen) atoms. The highest BCUT2D eigenvalue weighted by Gasteiger charge is 2.28. The second-order valence-corrected chi connectivity index (χ2v) is 6.20. The number of nitrogens with zero attached hydrogens (tertiary/aromatic N) is 2. The number of carbonyl (C=O) groups excluding carboxylic acids is 1. The number of nitrogens with one attached hydrogen (secondary N) is 2. The van der Waals surface area contributed by atoms with Crippen LogP contribution in [0.3, 0.4) is 0 Å². The van der Waals surface area contributed by atoms with Crippen LogP contribution in [-0.4, -0.2) is 28.1 Å².